The maximum atomic E-state index is 12.7. The van der Waals surface area contributed by atoms with E-state index in [1.54, 1.807) is 11.1 Å². The third-order valence-electron chi connectivity index (χ3n) is 7.26. The van der Waals surface area contributed by atoms with Crippen molar-refractivity contribution in [2.24, 2.45) is 0 Å². The molecule has 2 N–H and O–H groups in total. The molecule has 1 aromatic heterocycles. The maximum absolute atomic E-state index is 12.7. The Kier molecular flexibility index (Phi) is 7.11. The van der Waals surface area contributed by atoms with Crippen molar-refractivity contribution < 1.29 is 9.59 Å². The number of amides is 3. The van der Waals surface area contributed by atoms with E-state index in [0.29, 0.717) is 19.6 Å². The molecule has 35 heavy (non-hydrogen) atoms. The second-order valence-electron chi connectivity index (χ2n) is 9.86. The summed E-state index contributed by atoms with van der Waals surface area (Å²) in [6.45, 7) is 5.66. The normalized spacial score (nSPS) is 20.8. The summed E-state index contributed by atoms with van der Waals surface area (Å²) in [5.41, 5.74) is 5.53. The Bertz CT molecular complexity index is 1070. The van der Waals surface area contributed by atoms with Crippen molar-refractivity contribution in [1.29, 1.82) is 0 Å². The number of piperazine rings is 1. The number of nitrogens with one attached hydrogen (secondary N) is 2. The van der Waals surface area contributed by atoms with Crippen LogP contribution in [-0.2, 0) is 17.9 Å². The van der Waals surface area contributed by atoms with Crippen LogP contribution in [0.4, 0.5) is 10.5 Å². The van der Waals surface area contributed by atoms with Crippen LogP contribution in [0.3, 0.4) is 0 Å². The fourth-order valence-electron chi connectivity index (χ4n) is 5.04. The summed E-state index contributed by atoms with van der Waals surface area (Å²) >= 11 is 0. The van der Waals surface area contributed by atoms with Gasteiger partial charge in [-0.2, -0.15) is 0 Å². The molecule has 2 aromatic rings. The molecule has 0 bridgehead atoms. The van der Waals surface area contributed by atoms with Crippen LogP contribution in [0.5, 0.6) is 0 Å². The van der Waals surface area contributed by atoms with Gasteiger partial charge in [-0.05, 0) is 66.8 Å². The van der Waals surface area contributed by atoms with Gasteiger partial charge in [-0.15, -0.1) is 0 Å². The highest BCUT2D eigenvalue weighted by molar-refractivity contribution is 5.90. The molecular formula is C27H34N6O2. The van der Waals surface area contributed by atoms with E-state index in [9.17, 15) is 9.59 Å². The number of urea groups is 1. The number of rotatable bonds is 5. The Morgan fingerprint density at radius 1 is 1.03 bits per heavy atom. The van der Waals surface area contributed by atoms with Crippen molar-refractivity contribution in [2.45, 2.75) is 38.4 Å². The van der Waals surface area contributed by atoms with Crippen LogP contribution in [0.2, 0.25) is 0 Å². The number of carbonyl (C=O) groups is 2. The van der Waals surface area contributed by atoms with Crippen LogP contribution in [0, 0.1) is 0 Å². The zero-order valence-corrected chi connectivity index (χ0v) is 20.4. The van der Waals surface area contributed by atoms with E-state index < -0.39 is 0 Å². The first-order valence-corrected chi connectivity index (χ1v) is 12.5. The molecule has 5 rings (SSSR count). The molecule has 1 atom stereocenters. The third kappa shape index (κ3) is 5.89. The molecular weight excluding hydrogens is 440 g/mol. The fourth-order valence-corrected chi connectivity index (χ4v) is 5.04. The molecule has 8 heteroatoms. The number of likely N-dealkylation sites (N-methyl/N-ethyl adjacent to an activating group) is 1. The summed E-state index contributed by atoms with van der Waals surface area (Å²) in [5.74, 6) is 0.133. The van der Waals surface area contributed by atoms with Gasteiger partial charge in [0.25, 0.3) is 0 Å². The highest BCUT2D eigenvalue weighted by Crippen LogP contribution is 2.28. The summed E-state index contributed by atoms with van der Waals surface area (Å²) in [6, 6.07) is 10.1. The Labute approximate surface area is 207 Å². The number of pyridine rings is 1. The molecule has 3 aliphatic rings. The van der Waals surface area contributed by atoms with Crippen molar-refractivity contribution in [3.05, 3.63) is 65.5 Å². The Hall–Kier alpha value is -3.23. The van der Waals surface area contributed by atoms with Gasteiger partial charge in [-0.25, -0.2) is 4.79 Å². The lowest BCUT2D eigenvalue weighted by Gasteiger charge is -2.32. The van der Waals surface area contributed by atoms with E-state index in [0.717, 1.165) is 62.3 Å². The molecule has 0 saturated carbocycles. The molecule has 1 fully saturated rings. The summed E-state index contributed by atoms with van der Waals surface area (Å²) < 4.78 is 0. The quantitative estimate of drug-likeness (QED) is 0.697. The molecule has 3 heterocycles. The molecule has 3 amide bonds. The van der Waals surface area contributed by atoms with E-state index in [1.807, 2.05) is 24.4 Å². The van der Waals surface area contributed by atoms with Gasteiger partial charge in [0, 0.05) is 63.4 Å². The summed E-state index contributed by atoms with van der Waals surface area (Å²) in [4.78, 5) is 35.6. The lowest BCUT2D eigenvalue weighted by Crippen LogP contribution is -2.49. The van der Waals surface area contributed by atoms with Crippen molar-refractivity contribution in [3.8, 4) is 0 Å². The monoisotopic (exact) mass is 474 g/mol. The van der Waals surface area contributed by atoms with Crippen molar-refractivity contribution in [1.82, 2.24) is 25.0 Å². The number of hydrogen-bond acceptors (Lipinski definition) is 5. The largest absolute Gasteiger partial charge is 0.352 e. The van der Waals surface area contributed by atoms with Gasteiger partial charge >= 0.3 is 6.03 Å². The topological polar surface area (TPSA) is 80.8 Å². The van der Waals surface area contributed by atoms with Gasteiger partial charge < -0.3 is 20.4 Å². The maximum Gasteiger partial charge on any atom is 0.322 e. The molecule has 184 valence electrons. The van der Waals surface area contributed by atoms with Gasteiger partial charge in [0.1, 0.15) is 0 Å². The summed E-state index contributed by atoms with van der Waals surface area (Å²) in [6.07, 6.45) is 8.58. The summed E-state index contributed by atoms with van der Waals surface area (Å²) in [7, 11) is 2.12. The molecule has 2 aliphatic heterocycles. The van der Waals surface area contributed by atoms with Gasteiger partial charge in [0.15, 0.2) is 0 Å². The lowest BCUT2D eigenvalue weighted by atomic mass is 9.90. The van der Waals surface area contributed by atoms with Crippen LogP contribution in [-0.4, -0.2) is 77.4 Å². The average Bonchev–Trinajstić information content (AvgIpc) is 3.31. The fraction of sp³-hybridized carbons (Fsp3) is 0.444. The molecule has 0 radical (unpaired) electrons. The van der Waals surface area contributed by atoms with Crippen LogP contribution in [0.15, 0.2) is 48.8 Å². The number of allylic oxidation sites excluding steroid dienone is 1. The van der Waals surface area contributed by atoms with Gasteiger partial charge in [0.2, 0.25) is 5.91 Å². The van der Waals surface area contributed by atoms with Crippen molar-refractivity contribution >= 4 is 23.2 Å². The lowest BCUT2D eigenvalue weighted by molar-refractivity contribution is -0.123. The van der Waals surface area contributed by atoms with E-state index in [2.05, 4.69) is 50.7 Å². The zero-order valence-electron chi connectivity index (χ0n) is 20.4. The highest BCUT2D eigenvalue weighted by Gasteiger charge is 2.24. The number of fused-ring (bicyclic) bond motifs is 1. The van der Waals surface area contributed by atoms with Crippen LogP contribution < -0.4 is 10.6 Å². The van der Waals surface area contributed by atoms with Crippen molar-refractivity contribution in [2.75, 3.05) is 45.1 Å². The molecule has 1 aliphatic carbocycles. The first-order valence-electron chi connectivity index (χ1n) is 12.5. The summed E-state index contributed by atoms with van der Waals surface area (Å²) in [5, 5.41) is 6.22. The minimum absolute atomic E-state index is 0.0963. The number of anilines is 1. The van der Waals surface area contributed by atoms with Crippen LogP contribution in [0.1, 0.15) is 36.0 Å². The Balaban J connectivity index is 1.09. The van der Waals surface area contributed by atoms with Gasteiger partial charge in [0.05, 0.1) is 6.54 Å². The van der Waals surface area contributed by atoms with E-state index in [1.165, 1.54) is 11.1 Å². The van der Waals surface area contributed by atoms with Crippen molar-refractivity contribution in [3.63, 3.8) is 0 Å². The predicted octanol–water partition coefficient (Wildman–Crippen LogP) is 2.93. The first-order chi connectivity index (χ1) is 17.0. The average molecular weight is 475 g/mol. The van der Waals surface area contributed by atoms with E-state index >= 15 is 0 Å². The standard InChI is InChI=1S/C27H34N6O2/c1-31-12-14-32(15-13-31)19-26(34)29-24-6-2-20(3-7-24)21-4-8-25(9-5-21)30-27(35)33-17-22-10-11-28-16-23(22)18-33/h2,4-5,8-11,16,24H,3,6-7,12-15,17-19H2,1H3,(H,29,34)(H,30,35). The Morgan fingerprint density at radius 3 is 2.51 bits per heavy atom. The molecule has 8 nitrogen and oxygen atoms in total. The number of hydrogen-bond donors (Lipinski definition) is 2. The zero-order chi connectivity index (χ0) is 24.2. The minimum Gasteiger partial charge on any atom is -0.352 e. The number of nitrogens with zero attached hydrogens (tertiary/aromatic N) is 4. The minimum atomic E-state index is -0.0963. The molecule has 1 unspecified atom stereocenters. The highest BCUT2D eigenvalue weighted by atomic mass is 16.2. The number of benzene rings is 1. The number of carbonyl (C=O) groups excluding carboxylic acids is 2. The van der Waals surface area contributed by atoms with Gasteiger partial charge in [-0.3, -0.25) is 14.7 Å². The number of aromatic nitrogens is 1. The van der Waals surface area contributed by atoms with E-state index in [-0.39, 0.29) is 18.0 Å². The van der Waals surface area contributed by atoms with Crippen LogP contribution in [0.25, 0.3) is 5.57 Å². The molecule has 1 aromatic carbocycles. The smallest absolute Gasteiger partial charge is 0.322 e. The van der Waals surface area contributed by atoms with Gasteiger partial charge in [-0.1, -0.05) is 18.2 Å². The molecule has 0 spiro atoms. The second kappa shape index (κ2) is 10.6. The second-order valence-corrected chi connectivity index (χ2v) is 9.86. The molecule has 1 saturated heterocycles. The third-order valence-corrected chi connectivity index (χ3v) is 7.26. The first kappa shape index (κ1) is 23.5. The SMILES string of the molecule is CN1CCN(CC(=O)NC2CC=C(c3ccc(NC(=O)N4Cc5ccncc5C4)cc3)CC2)CC1. The Morgan fingerprint density at radius 2 is 1.80 bits per heavy atom. The predicted molar refractivity (Wildman–Crippen MR) is 137 cm³/mol. The van der Waals surface area contributed by atoms with Crippen LogP contribution >= 0.6 is 0 Å². The van der Waals surface area contributed by atoms with E-state index in [4.69, 9.17) is 0 Å².